The summed E-state index contributed by atoms with van der Waals surface area (Å²) < 4.78 is 0. The smallest absolute Gasteiger partial charge is 0.0433 e. The zero-order chi connectivity index (χ0) is 20.1. The Balaban J connectivity index is 1.67. The van der Waals surface area contributed by atoms with Crippen LogP contribution in [0.15, 0.2) is 72.8 Å². The first-order valence-corrected chi connectivity index (χ1v) is 10.6. The molecule has 29 heavy (non-hydrogen) atoms. The van der Waals surface area contributed by atoms with Crippen LogP contribution in [0.4, 0.5) is 11.4 Å². The number of nitrogens with zero attached hydrogens (tertiary/aromatic N) is 2. The second-order valence-electron chi connectivity index (χ2n) is 7.99. The second kappa shape index (κ2) is 9.15. The number of benzene rings is 3. The number of hydrogen-bond donors (Lipinski definition) is 1. The Morgan fingerprint density at radius 2 is 1.24 bits per heavy atom. The van der Waals surface area contributed by atoms with E-state index in [1.54, 1.807) is 0 Å². The molecular weight excluding hydrogens is 354 g/mol. The van der Waals surface area contributed by atoms with Gasteiger partial charge in [-0.15, -0.1) is 0 Å². The minimum atomic E-state index is 0.907. The van der Waals surface area contributed by atoms with E-state index in [0.717, 1.165) is 39.3 Å². The fourth-order valence-corrected chi connectivity index (χ4v) is 4.36. The van der Waals surface area contributed by atoms with Crippen molar-refractivity contribution in [2.45, 2.75) is 26.9 Å². The molecule has 1 N–H and O–H groups in total. The summed E-state index contributed by atoms with van der Waals surface area (Å²) in [6.45, 7) is 10.6. The Bertz CT molecular complexity index is 851. The molecule has 150 valence electrons. The zero-order valence-corrected chi connectivity index (χ0v) is 17.6. The van der Waals surface area contributed by atoms with Crippen LogP contribution < -0.4 is 15.1 Å². The van der Waals surface area contributed by atoms with E-state index in [1.165, 1.54) is 33.6 Å². The molecule has 0 bridgehead atoms. The minimum absolute atomic E-state index is 0.907. The largest absolute Gasteiger partial charge is 0.369 e. The maximum atomic E-state index is 3.45. The highest BCUT2D eigenvalue weighted by Crippen LogP contribution is 2.32. The van der Waals surface area contributed by atoms with Crippen molar-refractivity contribution in [3.8, 4) is 0 Å². The fourth-order valence-electron chi connectivity index (χ4n) is 4.36. The molecule has 1 fully saturated rings. The zero-order valence-electron chi connectivity index (χ0n) is 17.6. The lowest BCUT2D eigenvalue weighted by Crippen LogP contribution is -2.43. The van der Waals surface area contributed by atoms with Crippen LogP contribution in [0.2, 0.25) is 0 Å². The van der Waals surface area contributed by atoms with Crippen LogP contribution in [0.3, 0.4) is 0 Å². The SMILES string of the molecule is Cc1cc(N2CCNCC2)cc(C)c1N(Cc1ccccc1)Cc1ccccc1. The second-order valence-corrected chi connectivity index (χ2v) is 7.99. The lowest BCUT2D eigenvalue weighted by molar-refractivity contribution is 0.589. The third kappa shape index (κ3) is 4.80. The predicted molar refractivity (Wildman–Crippen MR) is 124 cm³/mol. The summed E-state index contributed by atoms with van der Waals surface area (Å²) in [5.41, 5.74) is 8.10. The van der Waals surface area contributed by atoms with Crippen LogP contribution in [0.1, 0.15) is 22.3 Å². The summed E-state index contributed by atoms with van der Waals surface area (Å²) in [5, 5.41) is 3.45. The first-order valence-electron chi connectivity index (χ1n) is 10.6. The highest BCUT2D eigenvalue weighted by atomic mass is 15.2. The van der Waals surface area contributed by atoms with Gasteiger partial charge in [0.15, 0.2) is 0 Å². The molecule has 0 saturated carbocycles. The highest BCUT2D eigenvalue weighted by Gasteiger charge is 2.17. The number of rotatable bonds is 6. The number of aryl methyl sites for hydroxylation is 2. The average Bonchev–Trinajstić information content (AvgIpc) is 2.75. The van der Waals surface area contributed by atoms with Crippen molar-refractivity contribution in [3.63, 3.8) is 0 Å². The summed E-state index contributed by atoms with van der Waals surface area (Å²) in [6.07, 6.45) is 0. The number of hydrogen-bond acceptors (Lipinski definition) is 3. The van der Waals surface area contributed by atoms with Crippen molar-refractivity contribution >= 4 is 11.4 Å². The molecule has 1 heterocycles. The molecule has 3 nitrogen and oxygen atoms in total. The van der Waals surface area contributed by atoms with Crippen LogP contribution in [-0.4, -0.2) is 26.2 Å². The molecule has 0 aliphatic carbocycles. The van der Waals surface area contributed by atoms with E-state index in [1.807, 2.05) is 0 Å². The Kier molecular flexibility index (Phi) is 6.16. The minimum Gasteiger partial charge on any atom is -0.369 e. The topological polar surface area (TPSA) is 18.5 Å². The first-order chi connectivity index (χ1) is 14.2. The molecule has 0 aromatic heterocycles. The van der Waals surface area contributed by atoms with Crippen molar-refractivity contribution < 1.29 is 0 Å². The van der Waals surface area contributed by atoms with Crippen molar-refractivity contribution in [1.82, 2.24) is 5.32 Å². The molecule has 4 rings (SSSR count). The fraction of sp³-hybridized carbons (Fsp3) is 0.308. The molecule has 1 aliphatic rings. The van der Waals surface area contributed by atoms with Gasteiger partial charge in [-0.25, -0.2) is 0 Å². The van der Waals surface area contributed by atoms with Crippen LogP contribution in [-0.2, 0) is 13.1 Å². The standard InChI is InChI=1S/C26H31N3/c1-21-17-25(28-15-13-27-14-16-28)18-22(2)26(21)29(19-23-9-5-3-6-10-23)20-24-11-7-4-8-12-24/h3-12,17-18,27H,13-16,19-20H2,1-2H3. The van der Waals surface area contributed by atoms with Crippen molar-refractivity contribution in [2.24, 2.45) is 0 Å². The Morgan fingerprint density at radius 3 is 1.72 bits per heavy atom. The molecule has 3 aromatic rings. The average molecular weight is 386 g/mol. The van der Waals surface area contributed by atoms with Crippen LogP contribution >= 0.6 is 0 Å². The molecule has 0 spiro atoms. The third-order valence-electron chi connectivity index (χ3n) is 5.71. The molecule has 3 heteroatoms. The van der Waals surface area contributed by atoms with Gasteiger partial charge in [-0.3, -0.25) is 0 Å². The van der Waals surface area contributed by atoms with E-state index in [-0.39, 0.29) is 0 Å². The predicted octanol–water partition coefficient (Wildman–Crippen LogP) is 4.92. The molecule has 0 atom stereocenters. The summed E-state index contributed by atoms with van der Waals surface area (Å²) in [4.78, 5) is 5.02. The van der Waals surface area contributed by atoms with Gasteiger partial charge in [0.25, 0.3) is 0 Å². The quantitative estimate of drug-likeness (QED) is 0.650. The highest BCUT2D eigenvalue weighted by molar-refractivity contribution is 5.66. The van der Waals surface area contributed by atoms with Gasteiger partial charge in [-0.05, 0) is 48.2 Å². The summed E-state index contributed by atoms with van der Waals surface area (Å²) in [5.74, 6) is 0. The summed E-state index contributed by atoms with van der Waals surface area (Å²) in [7, 11) is 0. The van der Waals surface area contributed by atoms with Gasteiger partial charge in [-0.2, -0.15) is 0 Å². The van der Waals surface area contributed by atoms with Gasteiger partial charge >= 0.3 is 0 Å². The molecule has 0 radical (unpaired) electrons. The lowest BCUT2D eigenvalue weighted by atomic mass is 10.0. The Morgan fingerprint density at radius 1 is 0.759 bits per heavy atom. The lowest BCUT2D eigenvalue weighted by Gasteiger charge is -2.33. The normalized spacial score (nSPS) is 14.1. The number of piperazine rings is 1. The Labute approximate surface area is 175 Å². The Hall–Kier alpha value is -2.78. The first kappa shape index (κ1) is 19.5. The number of nitrogens with one attached hydrogen (secondary N) is 1. The van der Waals surface area contributed by atoms with Gasteiger partial charge in [0, 0.05) is 50.6 Å². The maximum Gasteiger partial charge on any atom is 0.0433 e. The van der Waals surface area contributed by atoms with Crippen molar-refractivity contribution in [3.05, 3.63) is 95.1 Å². The van der Waals surface area contributed by atoms with E-state index in [0.29, 0.717) is 0 Å². The molecular formula is C26H31N3. The summed E-state index contributed by atoms with van der Waals surface area (Å²) >= 11 is 0. The van der Waals surface area contributed by atoms with E-state index in [2.05, 4.69) is 102 Å². The van der Waals surface area contributed by atoms with Crippen LogP contribution in [0.25, 0.3) is 0 Å². The molecule has 1 saturated heterocycles. The van der Waals surface area contributed by atoms with Gasteiger partial charge in [0.1, 0.15) is 0 Å². The maximum absolute atomic E-state index is 3.45. The monoisotopic (exact) mass is 385 g/mol. The van der Waals surface area contributed by atoms with E-state index < -0.39 is 0 Å². The van der Waals surface area contributed by atoms with Gasteiger partial charge in [0.05, 0.1) is 0 Å². The van der Waals surface area contributed by atoms with Crippen LogP contribution in [0, 0.1) is 13.8 Å². The van der Waals surface area contributed by atoms with Gasteiger partial charge in [0.2, 0.25) is 0 Å². The van der Waals surface area contributed by atoms with Crippen molar-refractivity contribution in [1.29, 1.82) is 0 Å². The summed E-state index contributed by atoms with van der Waals surface area (Å²) in [6, 6.07) is 26.3. The molecule has 0 unspecified atom stereocenters. The van der Waals surface area contributed by atoms with Gasteiger partial charge in [-0.1, -0.05) is 60.7 Å². The molecule has 0 amide bonds. The number of anilines is 2. The van der Waals surface area contributed by atoms with E-state index in [9.17, 15) is 0 Å². The van der Waals surface area contributed by atoms with E-state index >= 15 is 0 Å². The molecule has 1 aliphatic heterocycles. The van der Waals surface area contributed by atoms with Crippen LogP contribution in [0.5, 0.6) is 0 Å². The molecule has 3 aromatic carbocycles. The third-order valence-corrected chi connectivity index (χ3v) is 5.71. The van der Waals surface area contributed by atoms with E-state index in [4.69, 9.17) is 0 Å². The van der Waals surface area contributed by atoms with Gasteiger partial charge < -0.3 is 15.1 Å². The van der Waals surface area contributed by atoms with Crippen molar-refractivity contribution in [2.75, 3.05) is 36.0 Å².